The third-order valence-electron chi connectivity index (χ3n) is 15.2. The zero-order valence-corrected chi connectivity index (χ0v) is 48.3. The lowest BCUT2D eigenvalue weighted by molar-refractivity contribution is 0.938. The van der Waals surface area contributed by atoms with E-state index in [0.29, 0.717) is 92.1 Å². The van der Waals surface area contributed by atoms with Crippen molar-refractivity contribution in [2.75, 3.05) is 19.6 Å². The molecule has 4 aromatic carbocycles. The predicted octanol–water partition coefficient (Wildman–Crippen LogP) is 13.3. The van der Waals surface area contributed by atoms with Crippen molar-refractivity contribution in [1.29, 1.82) is 0 Å². The fourth-order valence-electron chi connectivity index (χ4n) is 11.4. The number of hydrogen-bond donors (Lipinski definition) is 0. The smallest absolute Gasteiger partial charge is 0.160 e. The Bertz CT molecular complexity index is 3610. The van der Waals surface area contributed by atoms with E-state index in [0.717, 1.165) is 106 Å². The van der Waals surface area contributed by atoms with Crippen LogP contribution in [0, 0.1) is 0 Å². The summed E-state index contributed by atoms with van der Waals surface area (Å²) in [5.41, 5.74) is 10.0. The highest BCUT2D eigenvalue weighted by molar-refractivity contribution is 6.33. The molecular weight excluding hydrogens is 1050 g/mol. The predicted molar refractivity (Wildman–Crippen MR) is 329 cm³/mol. The Kier molecular flexibility index (Phi) is 15.3. The van der Waals surface area contributed by atoms with Crippen LogP contribution in [0.15, 0.2) is 136 Å². The summed E-state index contributed by atoms with van der Waals surface area (Å²) in [6.45, 7) is 16.7. The highest BCUT2D eigenvalue weighted by Crippen LogP contribution is 2.55. The molecule has 20 heteroatoms. The summed E-state index contributed by atoms with van der Waals surface area (Å²) in [5.74, 6) is 4.30. The first kappa shape index (κ1) is 54.4. The molecule has 0 unspecified atom stereocenters. The number of hydrogen-bond acceptors (Lipinski definition) is 20. The molecule has 0 bridgehead atoms. The van der Waals surface area contributed by atoms with Gasteiger partial charge in [-0.2, -0.15) is 0 Å². The second kappa shape index (κ2) is 23.7. The first-order chi connectivity index (χ1) is 41.4. The van der Waals surface area contributed by atoms with E-state index in [1.807, 2.05) is 6.20 Å². The number of aromatic nitrogens is 16. The molecule has 12 rings (SSSR count). The van der Waals surface area contributed by atoms with Gasteiger partial charge in [-0.3, -0.25) is 54.5 Å². The van der Waals surface area contributed by atoms with Crippen LogP contribution in [0.25, 0.3) is 32.3 Å². The molecular formula is C64H62N20. The lowest BCUT2D eigenvalue weighted by atomic mass is 9.89. The van der Waals surface area contributed by atoms with Gasteiger partial charge in [-0.25, -0.2) is 44.9 Å². The fraction of sp³-hybridized carbons (Fsp3) is 0.250. The Labute approximate surface area is 486 Å². The van der Waals surface area contributed by atoms with Gasteiger partial charge in [-0.15, -0.1) is 0 Å². The molecule has 12 aromatic rings. The molecule has 0 atom stereocenters. The van der Waals surface area contributed by atoms with E-state index in [-0.39, 0.29) is 0 Å². The molecule has 0 aliphatic carbocycles. The molecule has 0 saturated heterocycles. The number of benzene rings is 4. The monoisotopic (exact) mass is 1110 g/mol. The normalized spacial score (nSPS) is 11.5. The number of aryl methyl sites for hydroxylation is 8. The molecule has 0 spiro atoms. The van der Waals surface area contributed by atoms with Gasteiger partial charge < -0.3 is 0 Å². The van der Waals surface area contributed by atoms with Crippen molar-refractivity contribution in [3.05, 3.63) is 181 Å². The first-order valence-electron chi connectivity index (χ1n) is 28.8. The quantitative estimate of drug-likeness (QED) is 0.0648. The maximum absolute atomic E-state index is 5.19. The summed E-state index contributed by atoms with van der Waals surface area (Å²) >= 11 is 0. The van der Waals surface area contributed by atoms with Crippen LogP contribution in [0.5, 0.6) is 0 Å². The van der Waals surface area contributed by atoms with Gasteiger partial charge >= 0.3 is 0 Å². The van der Waals surface area contributed by atoms with Crippen molar-refractivity contribution in [2.24, 2.45) is 0 Å². The van der Waals surface area contributed by atoms with Crippen LogP contribution in [0.1, 0.15) is 101 Å². The van der Waals surface area contributed by atoms with Crippen molar-refractivity contribution in [3.8, 4) is 0 Å². The summed E-state index contributed by atoms with van der Waals surface area (Å²) in [6.07, 6.45) is 32.5. The molecule has 8 aromatic heterocycles. The lowest BCUT2D eigenvalue weighted by Gasteiger charge is -2.34. The molecule has 0 N–H and O–H groups in total. The van der Waals surface area contributed by atoms with Crippen molar-refractivity contribution in [2.45, 2.75) is 107 Å². The van der Waals surface area contributed by atoms with Crippen molar-refractivity contribution in [1.82, 2.24) is 79.7 Å². The van der Waals surface area contributed by atoms with Crippen LogP contribution >= 0.6 is 0 Å². The van der Waals surface area contributed by atoms with Crippen LogP contribution in [0.3, 0.4) is 0 Å². The standard InChI is InChI=1S/C64H62N20/c1-9-43-55(37-65-38-80-43)81(58-44(10-2)66-21-28-73-58)51-35-52(82(59-45(11-3)67-22-29-74-59)60-46(12-4)68-23-30-75-60)40-19-20-42-54(84(63-49(15-7)71-26-33-78-63)64-50(16-8)72-27-34-79-64)36-53(41-18-17-39(51)56(40)57(41)42)83(61-47(13-5)69-24-31-76-61)62-48(14-6)70-25-32-77-62/h17-38H,9-16H2,1-8H3. The van der Waals surface area contributed by atoms with Gasteiger partial charge in [0.2, 0.25) is 0 Å². The SMILES string of the molecule is CCc1ncncc1N(c1nccnc1CC)c1cc(N(c2nccnc2CC)c2nccnc2CC)c2ccc3c(N(c4nccnc4CC)c4nccnc4CC)cc(N(c4nccnc4CC)c4nccnc4CC)c4ccc1c2c43. The Balaban J connectivity index is 1.36. The van der Waals surface area contributed by atoms with Gasteiger partial charge in [0.1, 0.15) is 6.33 Å². The minimum absolute atomic E-state index is 0.582. The van der Waals surface area contributed by atoms with Gasteiger partial charge in [0, 0.05) is 119 Å². The number of nitrogens with zero attached hydrogens (tertiary/aromatic N) is 20. The van der Waals surface area contributed by atoms with Gasteiger partial charge in [0.05, 0.1) is 80.2 Å². The zero-order valence-electron chi connectivity index (χ0n) is 48.3. The molecule has 0 fully saturated rings. The fourth-order valence-corrected chi connectivity index (χ4v) is 11.4. The molecule has 0 aliphatic rings. The first-order valence-corrected chi connectivity index (χ1v) is 28.8. The highest BCUT2D eigenvalue weighted by Gasteiger charge is 2.34. The van der Waals surface area contributed by atoms with E-state index >= 15 is 0 Å². The van der Waals surface area contributed by atoms with E-state index in [4.69, 9.17) is 79.7 Å². The molecule has 0 saturated carbocycles. The van der Waals surface area contributed by atoms with Crippen molar-refractivity contribution < 1.29 is 0 Å². The van der Waals surface area contributed by atoms with Crippen LogP contribution in [-0.2, 0) is 51.4 Å². The van der Waals surface area contributed by atoms with E-state index in [2.05, 4.69) is 111 Å². The molecule has 0 aliphatic heterocycles. The van der Waals surface area contributed by atoms with Crippen molar-refractivity contribution >= 4 is 101 Å². The molecule has 0 amide bonds. The van der Waals surface area contributed by atoms with Crippen LogP contribution in [0.2, 0.25) is 0 Å². The minimum Gasteiger partial charge on any atom is -0.289 e. The molecule has 0 radical (unpaired) electrons. The van der Waals surface area contributed by atoms with Crippen LogP contribution in [-0.4, -0.2) is 79.7 Å². The van der Waals surface area contributed by atoms with Gasteiger partial charge in [-0.1, -0.05) is 79.7 Å². The Morgan fingerprint density at radius 3 is 0.726 bits per heavy atom. The topological polar surface area (TPSA) is 219 Å². The molecule has 20 nitrogen and oxygen atoms in total. The number of anilines is 12. The van der Waals surface area contributed by atoms with Crippen LogP contribution < -0.4 is 19.6 Å². The Hall–Kier alpha value is -10.2. The molecule has 418 valence electrons. The summed E-state index contributed by atoms with van der Waals surface area (Å²) < 4.78 is 0. The summed E-state index contributed by atoms with van der Waals surface area (Å²) in [4.78, 5) is 89.2. The van der Waals surface area contributed by atoms with E-state index in [9.17, 15) is 0 Å². The van der Waals surface area contributed by atoms with E-state index in [1.54, 1.807) is 93.1 Å². The lowest BCUT2D eigenvalue weighted by Crippen LogP contribution is -2.22. The molecule has 8 heterocycles. The zero-order chi connectivity index (χ0) is 57.8. The number of rotatable bonds is 20. The highest BCUT2D eigenvalue weighted by atomic mass is 15.3. The average molecular weight is 1110 g/mol. The van der Waals surface area contributed by atoms with Gasteiger partial charge in [0.15, 0.2) is 40.7 Å². The van der Waals surface area contributed by atoms with E-state index < -0.39 is 0 Å². The second-order valence-corrected chi connectivity index (χ2v) is 19.7. The van der Waals surface area contributed by atoms with Gasteiger partial charge in [-0.05, 0) is 63.5 Å². The Morgan fingerprint density at radius 1 is 0.250 bits per heavy atom. The Morgan fingerprint density at radius 2 is 0.476 bits per heavy atom. The third-order valence-corrected chi connectivity index (χ3v) is 15.2. The largest absolute Gasteiger partial charge is 0.289 e. The maximum atomic E-state index is 5.19. The summed E-state index contributed by atoms with van der Waals surface area (Å²) in [5, 5.41) is 5.35. The van der Waals surface area contributed by atoms with Gasteiger partial charge in [0.25, 0.3) is 0 Å². The summed E-state index contributed by atoms with van der Waals surface area (Å²) in [7, 11) is 0. The van der Waals surface area contributed by atoms with Crippen molar-refractivity contribution in [3.63, 3.8) is 0 Å². The summed E-state index contributed by atoms with van der Waals surface area (Å²) in [6, 6.07) is 13.2. The minimum atomic E-state index is 0.582. The second-order valence-electron chi connectivity index (χ2n) is 19.7. The maximum Gasteiger partial charge on any atom is 0.160 e. The third kappa shape index (κ3) is 9.38. The van der Waals surface area contributed by atoms with Crippen LogP contribution in [0.4, 0.5) is 69.2 Å². The average Bonchev–Trinajstić information content (AvgIpc) is 1.02. The molecule has 84 heavy (non-hydrogen) atoms. The van der Waals surface area contributed by atoms with E-state index in [1.165, 1.54) is 0 Å².